The number of aromatic hydroxyl groups is 1. The van der Waals surface area contributed by atoms with Crippen LogP contribution in [0.15, 0.2) is 23.8 Å². The van der Waals surface area contributed by atoms with Crippen LogP contribution in [0.5, 0.6) is 11.5 Å². The predicted molar refractivity (Wildman–Crippen MR) is 90.6 cm³/mol. The summed E-state index contributed by atoms with van der Waals surface area (Å²) in [6.45, 7) is 8.81. The van der Waals surface area contributed by atoms with Gasteiger partial charge in [0.25, 0.3) is 0 Å². The van der Waals surface area contributed by atoms with Gasteiger partial charge in [0, 0.05) is 11.5 Å². The summed E-state index contributed by atoms with van der Waals surface area (Å²) in [5, 5.41) is 10.6. The van der Waals surface area contributed by atoms with E-state index in [0.29, 0.717) is 11.7 Å². The monoisotopic (exact) mass is 300 g/mol. The molecule has 1 N–H and O–H groups in total. The number of aryl methyl sites for hydroxylation is 1. The molecule has 2 nitrogen and oxygen atoms in total. The van der Waals surface area contributed by atoms with Crippen LogP contribution >= 0.6 is 0 Å². The molecule has 1 aliphatic heterocycles. The van der Waals surface area contributed by atoms with Crippen LogP contribution in [-0.2, 0) is 6.42 Å². The summed E-state index contributed by atoms with van der Waals surface area (Å²) in [5.41, 5.74) is 3.34. The molecule has 1 heterocycles. The van der Waals surface area contributed by atoms with Crippen molar-refractivity contribution in [3.05, 3.63) is 34.9 Å². The van der Waals surface area contributed by atoms with Gasteiger partial charge in [0.2, 0.25) is 0 Å². The molecule has 0 spiro atoms. The molecule has 2 unspecified atom stereocenters. The first-order valence-corrected chi connectivity index (χ1v) is 8.71. The van der Waals surface area contributed by atoms with E-state index < -0.39 is 0 Å². The molecular weight excluding hydrogens is 272 g/mol. The van der Waals surface area contributed by atoms with Crippen molar-refractivity contribution in [3.8, 4) is 11.5 Å². The Morgan fingerprint density at radius 2 is 2.09 bits per heavy atom. The molecule has 2 aliphatic rings. The van der Waals surface area contributed by atoms with Crippen molar-refractivity contribution in [3.63, 3.8) is 0 Å². The van der Waals surface area contributed by atoms with E-state index in [9.17, 15) is 5.11 Å². The van der Waals surface area contributed by atoms with Crippen LogP contribution < -0.4 is 4.74 Å². The second-order valence-electron chi connectivity index (χ2n) is 7.34. The molecule has 0 radical (unpaired) electrons. The van der Waals surface area contributed by atoms with E-state index >= 15 is 0 Å². The van der Waals surface area contributed by atoms with Gasteiger partial charge in [0.15, 0.2) is 0 Å². The lowest BCUT2D eigenvalue weighted by Gasteiger charge is -2.31. The van der Waals surface area contributed by atoms with E-state index in [4.69, 9.17) is 4.74 Å². The third-order valence-corrected chi connectivity index (χ3v) is 5.33. The Labute approximate surface area is 134 Å². The molecule has 2 heteroatoms. The van der Waals surface area contributed by atoms with E-state index in [-0.39, 0.29) is 11.5 Å². The molecule has 1 aromatic rings. The van der Waals surface area contributed by atoms with Crippen molar-refractivity contribution >= 4 is 0 Å². The normalized spacial score (nSPS) is 25.9. The number of rotatable bonds is 5. The summed E-state index contributed by atoms with van der Waals surface area (Å²) in [6, 6.07) is 4.12. The Bertz CT molecular complexity index is 600. The molecule has 120 valence electrons. The molecule has 22 heavy (non-hydrogen) atoms. The fourth-order valence-electron chi connectivity index (χ4n) is 4.16. The summed E-state index contributed by atoms with van der Waals surface area (Å²) < 4.78 is 6.44. The zero-order valence-corrected chi connectivity index (χ0v) is 14.3. The SMILES string of the molecule is CCCCCc1cc(O)c2c(c1)OC1(C(C)C)C=C(C)CC21. The molecule has 3 rings (SSSR count). The molecule has 2 atom stereocenters. The maximum atomic E-state index is 10.6. The summed E-state index contributed by atoms with van der Waals surface area (Å²) in [7, 11) is 0. The zero-order chi connectivity index (χ0) is 15.9. The number of hydrogen-bond donors (Lipinski definition) is 1. The van der Waals surface area contributed by atoms with Crippen molar-refractivity contribution in [2.75, 3.05) is 0 Å². The van der Waals surface area contributed by atoms with Gasteiger partial charge in [-0.05, 0) is 55.9 Å². The van der Waals surface area contributed by atoms with Gasteiger partial charge in [-0.2, -0.15) is 0 Å². The Balaban J connectivity index is 1.94. The van der Waals surface area contributed by atoms with Crippen molar-refractivity contribution in [1.29, 1.82) is 0 Å². The molecule has 0 fully saturated rings. The highest BCUT2D eigenvalue weighted by molar-refractivity contribution is 5.57. The number of phenols is 1. The van der Waals surface area contributed by atoms with Gasteiger partial charge in [-0.3, -0.25) is 0 Å². The van der Waals surface area contributed by atoms with Crippen molar-refractivity contribution in [1.82, 2.24) is 0 Å². The standard InChI is InChI=1S/C20H28O2/c1-5-6-7-8-15-10-17(21)19-16-9-14(4)12-20(16,13(2)3)22-18(19)11-15/h10-13,16,21H,5-9H2,1-4H3. The number of unbranched alkanes of at least 4 members (excludes halogenated alkanes) is 2. The number of fused-ring (bicyclic) bond motifs is 3. The second kappa shape index (κ2) is 5.64. The van der Waals surface area contributed by atoms with Crippen LogP contribution in [0.3, 0.4) is 0 Å². The van der Waals surface area contributed by atoms with Crippen LogP contribution in [0.2, 0.25) is 0 Å². The van der Waals surface area contributed by atoms with E-state index in [1.54, 1.807) is 0 Å². The minimum atomic E-state index is -0.258. The highest BCUT2D eigenvalue weighted by Crippen LogP contribution is 2.58. The number of benzene rings is 1. The third kappa shape index (κ3) is 2.33. The molecule has 0 saturated carbocycles. The Morgan fingerprint density at radius 1 is 1.32 bits per heavy atom. The molecule has 0 aromatic heterocycles. The first-order chi connectivity index (χ1) is 10.5. The van der Waals surface area contributed by atoms with Crippen LogP contribution in [0.25, 0.3) is 0 Å². The fourth-order valence-corrected chi connectivity index (χ4v) is 4.16. The van der Waals surface area contributed by atoms with Crippen LogP contribution in [-0.4, -0.2) is 10.7 Å². The van der Waals surface area contributed by atoms with E-state index in [0.717, 1.165) is 24.2 Å². The Kier molecular flexibility index (Phi) is 3.96. The zero-order valence-electron chi connectivity index (χ0n) is 14.3. The summed E-state index contributed by atoms with van der Waals surface area (Å²) in [4.78, 5) is 0. The van der Waals surface area contributed by atoms with Crippen LogP contribution in [0.4, 0.5) is 0 Å². The topological polar surface area (TPSA) is 29.5 Å². The average molecular weight is 300 g/mol. The van der Waals surface area contributed by atoms with Crippen molar-refractivity contribution in [2.45, 2.75) is 71.3 Å². The molecular formula is C20H28O2. The van der Waals surface area contributed by atoms with Gasteiger partial charge in [-0.1, -0.05) is 39.2 Å². The van der Waals surface area contributed by atoms with Crippen molar-refractivity contribution < 1.29 is 9.84 Å². The largest absolute Gasteiger partial charge is 0.508 e. The fraction of sp³-hybridized carbons (Fsp3) is 0.600. The lowest BCUT2D eigenvalue weighted by Crippen LogP contribution is -2.38. The van der Waals surface area contributed by atoms with Gasteiger partial charge in [0.1, 0.15) is 17.1 Å². The number of phenolic OH excluding ortho intramolecular Hbond substituents is 1. The Morgan fingerprint density at radius 3 is 2.77 bits per heavy atom. The first-order valence-electron chi connectivity index (χ1n) is 8.71. The Hall–Kier alpha value is -1.44. The van der Waals surface area contributed by atoms with Crippen LogP contribution in [0, 0.1) is 5.92 Å². The second-order valence-corrected chi connectivity index (χ2v) is 7.34. The minimum Gasteiger partial charge on any atom is -0.508 e. The lowest BCUT2D eigenvalue weighted by molar-refractivity contribution is 0.0787. The molecule has 0 bridgehead atoms. The average Bonchev–Trinajstić information content (AvgIpc) is 2.91. The van der Waals surface area contributed by atoms with Crippen molar-refractivity contribution in [2.24, 2.45) is 5.92 Å². The summed E-state index contributed by atoms with van der Waals surface area (Å²) in [5.74, 6) is 2.01. The highest BCUT2D eigenvalue weighted by Gasteiger charge is 2.53. The smallest absolute Gasteiger partial charge is 0.137 e. The maximum absolute atomic E-state index is 10.6. The molecule has 0 amide bonds. The highest BCUT2D eigenvalue weighted by atomic mass is 16.5. The number of allylic oxidation sites excluding steroid dienone is 1. The molecule has 0 saturated heterocycles. The first kappa shape index (κ1) is 15.5. The van der Waals surface area contributed by atoms with Gasteiger partial charge in [-0.25, -0.2) is 0 Å². The van der Waals surface area contributed by atoms with E-state index in [1.165, 1.54) is 30.4 Å². The lowest BCUT2D eigenvalue weighted by atomic mass is 9.79. The predicted octanol–water partition coefficient (Wildman–Crippen LogP) is 5.35. The van der Waals surface area contributed by atoms with Gasteiger partial charge in [0.05, 0.1) is 0 Å². The number of ether oxygens (including phenoxy) is 1. The molecule has 1 aliphatic carbocycles. The minimum absolute atomic E-state index is 0.258. The van der Waals surface area contributed by atoms with Crippen LogP contribution in [0.1, 0.15) is 70.4 Å². The van der Waals surface area contributed by atoms with Gasteiger partial charge >= 0.3 is 0 Å². The summed E-state index contributed by atoms with van der Waals surface area (Å²) >= 11 is 0. The third-order valence-electron chi connectivity index (χ3n) is 5.33. The molecule has 1 aromatic carbocycles. The maximum Gasteiger partial charge on any atom is 0.137 e. The van der Waals surface area contributed by atoms with Gasteiger partial charge < -0.3 is 9.84 Å². The summed E-state index contributed by atoms with van der Waals surface area (Å²) in [6.07, 6.45) is 7.93. The number of hydrogen-bond acceptors (Lipinski definition) is 2. The van der Waals surface area contributed by atoms with E-state index in [1.807, 2.05) is 6.07 Å². The quantitative estimate of drug-likeness (QED) is 0.587. The van der Waals surface area contributed by atoms with E-state index in [2.05, 4.69) is 39.8 Å². The van der Waals surface area contributed by atoms with Gasteiger partial charge in [-0.15, -0.1) is 0 Å².